The van der Waals surface area contributed by atoms with Gasteiger partial charge in [0.1, 0.15) is 17.3 Å². The lowest BCUT2D eigenvalue weighted by molar-refractivity contribution is 0.592. The van der Waals surface area contributed by atoms with Gasteiger partial charge >= 0.3 is 0 Å². The van der Waals surface area contributed by atoms with Crippen LogP contribution in [-0.4, -0.2) is 0 Å². The number of benzene rings is 2. The third kappa shape index (κ3) is 2.65. The van der Waals surface area contributed by atoms with E-state index in [0.29, 0.717) is 16.8 Å². The molecule has 5 heteroatoms. The van der Waals surface area contributed by atoms with Crippen molar-refractivity contribution in [3.8, 4) is 11.1 Å². The van der Waals surface area contributed by atoms with Gasteiger partial charge in [-0.25, -0.2) is 8.78 Å². The van der Waals surface area contributed by atoms with Crippen LogP contribution in [0.5, 0.6) is 0 Å². The minimum Gasteiger partial charge on any atom is -0.399 e. The Kier molecular flexibility index (Phi) is 3.91. The number of nitrogens with two attached hydrogens (primary N) is 2. The van der Waals surface area contributed by atoms with E-state index in [-0.39, 0.29) is 12.4 Å². The van der Waals surface area contributed by atoms with Crippen LogP contribution in [0.3, 0.4) is 0 Å². The molecule has 0 saturated heterocycles. The van der Waals surface area contributed by atoms with E-state index in [1.54, 1.807) is 24.3 Å². The smallest absolute Gasteiger partial charge is 0.149 e. The van der Waals surface area contributed by atoms with Gasteiger partial charge in [-0.3, -0.25) is 0 Å². The molecule has 0 heterocycles. The fraction of sp³-hybridized carbons (Fsp3) is 0. The van der Waals surface area contributed by atoms with E-state index in [1.165, 1.54) is 12.1 Å². The molecule has 0 bridgehead atoms. The highest BCUT2D eigenvalue weighted by atomic mass is 35.5. The van der Waals surface area contributed by atoms with Crippen molar-refractivity contribution >= 4 is 23.8 Å². The van der Waals surface area contributed by atoms with Crippen molar-refractivity contribution in [3.63, 3.8) is 0 Å². The number of hydrogen-bond acceptors (Lipinski definition) is 2. The molecular weight excluding hydrogens is 246 g/mol. The molecule has 0 atom stereocenters. The summed E-state index contributed by atoms with van der Waals surface area (Å²) in [6.07, 6.45) is 0. The van der Waals surface area contributed by atoms with Crippen molar-refractivity contribution in [2.45, 2.75) is 0 Å². The Morgan fingerprint density at radius 3 is 1.71 bits per heavy atom. The van der Waals surface area contributed by atoms with Crippen LogP contribution in [-0.2, 0) is 0 Å². The number of anilines is 2. The molecule has 0 amide bonds. The molecule has 2 aromatic carbocycles. The summed E-state index contributed by atoms with van der Waals surface area (Å²) in [7, 11) is 0. The number of hydrogen-bond donors (Lipinski definition) is 2. The molecule has 0 aliphatic heterocycles. The summed E-state index contributed by atoms with van der Waals surface area (Å²) in [5, 5.41) is 0. The van der Waals surface area contributed by atoms with E-state index >= 15 is 0 Å². The first-order chi connectivity index (χ1) is 7.58. The Morgan fingerprint density at radius 2 is 1.24 bits per heavy atom. The Morgan fingerprint density at radius 1 is 0.765 bits per heavy atom. The average Bonchev–Trinajstić information content (AvgIpc) is 2.26. The molecule has 0 aliphatic carbocycles. The lowest BCUT2D eigenvalue weighted by Crippen LogP contribution is -1.96. The Hall–Kier alpha value is -1.81. The predicted octanol–water partition coefficient (Wildman–Crippen LogP) is 3.22. The van der Waals surface area contributed by atoms with Gasteiger partial charge in [-0.1, -0.05) is 12.1 Å². The Balaban J connectivity index is 0.00000144. The molecule has 0 radical (unpaired) electrons. The number of rotatable bonds is 1. The van der Waals surface area contributed by atoms with Gasteiger partial charge in [0.2, 0.25) is 0 Å². The molecule has 0 aliphatic rings. The molecule has 0 unspecified atom stereocenters. The molecule has 2 nitrogen and oxygen atoms in total. The van der Waals surface area contributed by atoms with Gasteiger partial charge in [-0.2, -0.15) is 0 Å². The van der Waals surface area contributed by atoms with E-state index in [2.05, 4.69) is 0 Å². The van der Waals surface area contributed by atoms with Crippen LogP contribution >= 0.6 is 12.4 Å². The molecule has 0 fully saturated rings. The molecule has 2 aromatic rings. The van der Waals surface area contributed by atoms with Gasteiger partial charge < -0.3 is 11.5 Å². The fourth-order valence-electron chi connectivity index (χ4n) is 1.43. The first-order valence-electron chi connectivity index (χ1n) is 4.68. The third-order valence-electron chi connectivity index (χ3n) is 2.32. The van der Waals surface area contributed by atoms with Crippen LogP contribution in [0.4, 0.5) is 20.2 Å². The summed E-state index contributed by atoms with van der Waals surface area (Å²) >= 11 is 0. The second-order valence-electron chi connectivity index (χ2n) is 3.48. The van der Waals surface area contributed by atoms with Crippen LogP contribution in [0.2, 0.25) is 0 Å². The zero-order chi connectivity index (χ0) is 11.7. The summed E-state index contributed by atoms with van der Waals surface area (Å²) in [5.41, 5.74) is 12.0. The minimum absolute atomic E-state index is 0. The highest BCUT2D eigenvalue weighted by Crippen LogP contribution is 2.26. The van der Waals surface area contributed by atoms with E-state index in [1.807, 2.05) is 0 Å². The molecule has 17 heavy (non-hydrogen) atoms. The summed E-state index contributed by atoms with van der Waals surface area (Å²) in [6, 6.07) is 9.12. The number of nitrogen functional groups attached to an aromatic ring is 2. The van der Waals surface area contributed by atoms with Crippen LogP contribution in [0, 0.1) is 11.6 Å². The lowest BCUT2D eigenvalue weighted by Gasteiger charge is -2.05. The van der Waals surface area contributed by atoms with Crippen LogP contribution in [0.15, 0.2) is 36.4 Å². The van der Waals surface area contributed by atoms with Gasteiger partial charge in [0.05, 0.1) is 0 Å². The zero-order valence-electron chi connectivity index (χ0n) is 8.78. The van der Waals surface area contributed by atoms with Gasteiger partial charge in [-0.05, 0) is 35.4 Å². The first-order valence-corrected chi connectivity index (χ1v) is 4.68. The van der Waals surface area contributed by atoms with Crippen LogP contribution < -0.4 is 11.5 Å². The fourth-order valence-corrected chi connectivity index (χ4v) is 1.43. The standard InChI is InChI=1S/C12H10F2N2.ClH/c13-10-5-8(6-11(14)12(10)16)7-1-3-9(15)4-2-7;/h1-6H,15-16H2;1H. The lowest BCUT2D eigenvalue weighted by atomic mass is 10.0. The second kappa shape index (κ2) is 5.01. The van der Waals surface area contributed by atoms with Gasteiger partial charge in [0, 0.05) is 5.69 Å². The average molecular weight is 257 g/mol. The van der Waals surface area contributed by atoms with E-state index in [0.717, 1.165) is 0 Å². The third-order valence-corrected chi connectivity index (χ3v) is 2.32. The Labute approximate surface area is 104 Å². The maximum Gasteiger partial charge on any atom is 0.149 e. The van der Waals surface area contributed by atoms with Crippen LogP contribution in [0.1, 0.15) is 0 Å². The highest BCUT2D eigenvalue weighted by molar-refractivity contribution is 5.85. The monoisotopic (exact) mass is 256 g/mol. The van der Waals surface area contributed by atoms with Gasteiger partial charge in [-0.15, -0.1) is 12.4 Å². The van der Waals surface area contributed by atoms with Gasteiger partial charge in [0.25, 0.3) is 0 Å². The quantitative estimate of drug-likeness (QED) is 0.770. The summed E-state index contributed by atoms with van der Waals surface area (Å²) in [6.45, 7) is 0. The maximum atomic E-state index is 13.2. The van der Waals surface area contributed by atoms with Crippen molar-refractivity contribution in [3.05, 3.63) is 48.0 Å². The SMILES string of the molecule is Cl.Nc1ccc(-c2cc(F)c(N)c(F)c2)cc1. The molecular formula is C12H11ClF2N2. The van der Waals surface area contributed by atoms with E-state index < -0.39 is 17.3 Å². The number of halogens is 3. The summed E-state index contributed by atoms with van der Waals surface area (Å²) < 4.78 is 26.4. The van der Waals surface area contributed by atoms with Gasteiger partial charge in [0.15, 0.2) is 0 Å². The minimum atomic E-state index is -0.758. The highest BCUT2D eigenvalue weighted by Gasteiger charge is 2.08. The zero-order valence-corrected chi connectivity index (χ0v) is 9.60. The van der Waals surface area contributed by atoms with Crippen molar-refractivity contribution in [2.75, 3.05) is 11.5 Å². The van der Waals surface area contributed by atoms with Crippen LogP contribution in [0.25, 0.3) is 11.1 Å². The molecule has 2 rings (SSSR count). The normalized spacial score (nSPS) is 9.76. The predicted molar refractivity (Wildman–Crippen MR) is 67.9 cm³/mol. The second-order valence-corrected chi connectivity index (χ2v) is 3.48. The van der Waals surface area contributed by atoms with Crippen molar-refractivity contribution < 1.29 is 8.78 Å². The maximum absolute atomic E-state index is 13.2. The van der Waals surface area contributed by atoms with E-state index in [4.69, 9.17) is 11.5 Å². The summed E-state index contributed by atoms with van der Waals surface area (Å²) in [5.74, 6) is -1.52. The topological polar surface area (TPSA) is 52.0 Å². The van der Waals surface area contributed by atoms with E-state index in [9.17, 15) is 8.78 Å². The summed E-state index contributed by atoms with van der Waals surface area (Å²) in [4.78, 5) is 0. The largest absolute Gasteiger partial charge is 0.399 e. The molecule has 4 N–H and O–H groups in total. The molecule has 0 spiro atoms. The van der Waals surface area contributed by atoms with Crippen molar-refractivity contribution in [2.24, 2.45) is 0 Å². The Bertz CT molecular complexity index is 504. The molecule has 0 saturated carbocycles. The van der Waals surface area contributed by atoms with Crippen molar-refractivity contribution in [1.29, 1.82) is 0 Å². The molecule has 90 valence electrons. The van der Waals surface area contributed by atoms with Crippen molar-refractivity contribution in [1.82, 2.24) is 0 Å². The molecule has 0 aromatic heterocycles. The first kappa shape index (κ1) is 13.3.